The summed E-state index contributed by atoms with van der Waals surface area (Å²) in [4.78, 5) is 30.6. The normalized spacial score (nSPS) is 15.8. The van der Waals surface area contributed by atoms with Gasteiger partial charge in [-0.2, -0.15) is 0 Å². The molecule has 0 saturated carbocycles. The molecule has 0 radical (unpaired) electrons. The van der Waals surface area contributed by atoms with Crippen molar-refractivity contribution in [2.45, 2.75) is 52.3 Å². The second kappa shape index (κ2) is 12.3. The van der Waals surface area contributed by atoms with Gasteiger partial charge in [-0.3, -0.25) is 4.79 Å². The van der Waals surface area contributed by atoms with Gasteiger partial charge in [0.05, 0.1) is 12.6 Å². The molecule has 5 rings (SSSR count). The minimum absolute atomic E-state index is 0.0930. The number of fused-ring (bicyclic) bond motifs is 1. The number of anilines is 1. The number of rotatable bonds is 10. The number of furan rings is 1. The maximum absolute atomic E-state index is 13.8. The van der Waals surface area contributed by atoms with E-state index in [0.29, 0.717) is 37.0 Å². The first-order valence-electron chi connectivity index (χ1n) is 13.5. The van der Waals surface area contributed by atoms with Crippen molar-refractivity contribution in [3.8, 4) is 11.5 Å². The lowest BCUT2D eigenvalue weighted by Crippen LogP contribution is -2.47. The van der Waals surface area contributed by atoms with Crippen molar-refractivity contribution < 1.29 is 28.2 Å². The van der Waals surface area contributed by atoms with E-state index in [1.54, 1.807) is 9.80 Å². The first kappa shape index (κ1) is 26.6. The van der Waals surface area contributed by atoms with E-state index in [-0.39, 0.29) is 37.9 Å². The van der Waals surface area contributed by atoms with Gasteiger partial charge >= 0.3 is 6.03 Å². The molecule has 1 N–H and O–H groups in total. The van der Waals surface area contributed by atoms with Crippen molar-refractivity contribution in [3.63, 3.8) is 0 Å². The van der Waals surface area contributed by atoms with Gasteiger partial charge in [0.2, 0.25) is 12.7 Å². The van der Waals surface area contributed by atoms with Crippen LogP contribution < -0.4 is 14.8 Å². The van der Waals surface area contributed by atoms with Crippen molar-refractivity contribution in [1.82, 2.24) is 9.80 Å². The molecule has 1 atom stereocenters. The second-order valence-electron chi connectivity index (χ2n) is 9.91. The number of hydrogen-bond acceptors (Lipinski definition) is 6. The van der Waals surface area contributed by atoms with E-state index in [2.05, 4.69) is 5.32 Å². The number of amides is 3. The van der Waals surface area contributed by atoms with Crippen LogP contribution in [0.5, 0.6) is 11.5 Å². The predicted octanol–water partition coefficient (Wildman–Crippen LogP) is 5.12. The minimum atomic E-state index is -0.323. The third kappa shape index (κ3) is 6.72. The van der Waals surface area contributed by atoms with E-state index in [9.17, 15) is 9.59 Å². The minimum Gasteiger partial charge on any atom is -0.464 e. The Morgan fingerprint density at radius 3 is 2.62 bits per heavy atom. The number of carbonyl (C=O) groups is 2. The lowest BCUT2D eigenvalue weighted by Gasteiger charge is -2.29. The van der Waals surface area contributed by atoms with Crippen molar-refractivity contribution in [2.75, 3.05) is 31.8 Å². The number of benzene rings is 2. The summed E-state index contributed by atoms with van der Waals surface area (Å²) in [6.45, 7) is 5.60. The van der Waals surface area contributed by atoms with Crippen LogP contribution in [0.4, 0.5) is 10.5 Å². The molecule has 2 aliphatic rings. The van der Waals surface area contributed by atoms with Crippen LogP contribution in [0.3, 0.4) is 0 Å². The van der Waals surface area contributed by atoms with Crippen molar-refractivity contribution in [2.24, 2.45) is 0 Å². The topological polar surface area (TPSA) is 93.5 Å². The van der Waals surface area contributed by atoms with E-state index < -0.39 is 0 Å². The van der Waals surface area contributed by atoms with Gasteiger partial charge in [0.25, 0.3) is 0 Å². The van der Waals surface area contributed by atoms with Gasteiger partial charge in [0.15, 0.2) is 11.5 Å². The summed E-state index contributed by atoms with van der Waals surface area (Å²) in [6, 6.07) is 16.8. The Bertz CT molecular complexity index is 1300. The summed E-state index contributed by atoms with van der Waals surface area (Å²) in [5.74, 6) is 2.59. The smallest absolute Gasteiger partial charge is 0.322 e. The summed E-state index contributed by atoms with van der Waals surface area (Å²) < 4.78 is 22.6. The van der Waals surface area contributed by atoms with E-state index in [1.165, 1.54) is 0 Å². The fourth-order valence-electron chi connectivity index (χ4n) is 4.91. The number of nitrogens with one attached hydrogen (secondary N) is 1. The van der Waals surface area contributed by atoms with E-state index in [0.717, 1.165) is 41.8 Å². The van der Waals surface area contributed by atoms with Crippen LogP contribution in [-0.2, 0) is 29.0 Å². The van der Waals surface area contributed by atoms with Crippen molar-refractivity contribution >= 4 is 17.6 Å². The third-order valence-electron chi connectivity index (χ3n) is 7.01. The Morgan fingerprint density at radius 2 is 1.85 bits per heavy atom. The Kier molecular flexibility index (Phi) is 8.36. The highest BCUT2D eigenvalue weighted by molar-refractivity contribution is 5.93. The average Bonchev–Trinajstić information content (AvgIpc) is 3.70. The Labute approximate surface area is 228 Å². The molecule has 2 aromatic carbocycles. The van der Waals surface area contributed by atoms with Gasteiger partial charge in [-0.15, -0.1) is 0 Å². The number of aryl methyl sites for hydroxylation is 2. The van der Waals surface area contributed by atoms with Gasteiger partial charge in [0.1, 0.15) is 18.1 Å². The van der Waals surface area contributed by atoms with Crippen molar-refractivity contribution in [3.05, 3.63) is 77.2 Å². The van der Waals surface area contributed by atoms with Gasteiger partial charge in [-0.25, -0.2) is 4.79 Å². The van der Waals surface area contributed by atoms with Gasteiger partial charge in [0, 0.05) is 25.4 Å². The van der Waals surface area contributed by atoms with Crippen LogP contribution in [-0.4, -0.2) is 54.3 Å². The molecule has 1 aromatic heterocycles. The molecule has 0 spiro atoms. The average molecular weight is 534 g/mol. The SMILES string of the molecule is CCc1ccccc1NC(=O)N(CC(=O)N(Cc1ccc2c(c1)OCO2)Cc1ccc(C)o1)CC1CCCO1. The van der Waals surface area contributed by atoms with Crippen molar-refractivity contribution in [1.29, 1.82) is 0 Å². The molecule has 1 saturated heterocycles. The fourth-order valence-corrected chi connectivity index (χ4v) is 4.91. The zero-order valence-corrected chi connectivity index (χ0v) is 22.5. The number of hydrogen-bond donors (Lipinski definition) is 1. The van der Waals surface area contributed by atoms with Crippen LogP contribution in [0, 0.1) is 6.92 Å². The third-order valence-corrected chi connectivity index (χ3v) is 7.01. The van der Waals surface area contributed by atoms with Crippen LogP contribution >= 0.6 is 0 Å². The Morgan fingerprint density at radius 1 is 1.00 bits per heavy atom. The van der Waals surface area contributed by atoms with E-state index >= 15 is 0 Å². The van der Waals surface area contributed by atoms with E-state index in [4.69, 9.17) is 18.6 Å². The molecule has 3 amide bonds. The Hall–Kier alpha value is -3.98. The zero-order valence-electron chi connectivity index (χ0n) is 22.5. The van der Waals surface area contributed by atoms with Crippen LogP contribution in [0.2, 0.25) is 0 Å². The number of nitrogens with zero attached hydrogens (tertiary/aromatic N) is 2. The first-order valence-corrected chi connectivity index (χ1v) is 13.5. The molecule has 9 heteroatoms. The maximum Gasteiger partial charge on any atom is 0.322 e. The monoisotopic (exact) mass is 533 g/mol. The zero-order chi connectivity index (χ0) is 27.2. The Balaban J connectivity index is 1.35. The van der Waals surface area contributed by atoms with E-state index in [1.807, 2.05) is 68.4 Å². The summed E-state index contributed by atoms with van der Waals surface area (Å²) in [6.07, 6.45) is 2.49. The van der Waals surface area contributed by atoms with Crippen LogP contribution in [0.1, 0.15) is 42.4 Å². The largest absolute Gasteiger partial charge is 0.464 e. The molecule has 1 unspecified atom stereocenters. The second-order valence-corrected chi connectivity index (χ2v) is 9.91. The lowest BCUT2D eigenvalue weighted by molar-refractivity contribution is -0.133. The number of para-hydroxylation sites is 1. The molecular weight excluding hydrogens is 498 g/mol. The number of ether oxygens (including phenoxy) is 3. The summed E-state index contributed by atoms with van der Waals surface area (Å²) >= 11 is 0. The first-order chi connectivity index (χ1) is 19.0. The quantitative estimate of drug-likeness (QED) is 0.389. The fraction of sp³-hybridized carbons (Fsp3) is 0.400. The summed E-state index contributed by atoms with van der Waals surface area (Å²) in [7, 11) is 0. The van der Waals surface area contributed by atoms with Gasteiger partial charge < -0.3 is 33.7 Å². The van der Waals surface area contributed by atoms with Gasteiger partial charge in [-0.1, -0.05) is 31.2 Å². The highest BCUT2D eigenvalue weighted by Gasteiger charge is 2.27. The molecule has 2 aliphatic heterocycles. The molecule has 3 heterocycles. The highest BCUT2D eigenvalue weighted by Crippen LogP contribution is 2.33. The lowest BCUT2D eigenvalue weighted by atomic mass is 10.1. The van der Waals surface area contributed by atoms with Crippen LogP contribution in [0.15, 0.2) is 59.0 Å². The standard InChI is InChI=1S/C30H35N3O6/c1-3-23-7-4-5-9-26(23)31-30(35)33(17-24-8-6-14-36-24)19-29(34)32(18-25-12-10-21(2)39-25)16-22-11-13-27-28(15-22)38-20-37-27/h4-5,7,9-13,15,24H,3,6,8,14,16-20H2,1-2H3,(H,31,35). The molecule has 1 fully saturated rings. The number of urea groups is 1. The molecule has 9 nitrogen and oxygen atoms in total. The maximum atomic E-state index is 13.8. The predicted molar refractivity (Wildman–Crippen MR) is 146 cm³/mol. The molecule has 3 aromatic rings. The van der Waals surface area contributed by atoms with Gasteiger partial charge in [-0.05, 0) is 67.6 Å². The molecule has 39 heavy (non-hydrogen) atoms. The van der Waals surface area contributed by atoms with Crippen LogP contribution in [0.25, 0.3) is 0 Å². The summed E-state index contributed by atoms with van der Waals surface area (Å²) in [5, 5.41) is 3.02. The highest BCUT2D eigenvalue weighted by atomic mass is 16.7. The molecule has 206 valence electrons. The molecule has 0 bridgehead atoms. The molecular formula is C30H35N3O6. The summed E-state index contributed by atoms with van der Waals surface area (Å²) in [5.41, 5.74) is 2.67. The molecule has 0 aliphatic carbocycles. The number of carbonyl (C=O) groups excluding carboxylic acids is 2.